The van der Waals surface area contributed by atoms with Crippen LogP contribution in [0.15, 0.2) is 35.9 Å². The number of carbonyl (C=O) groups excluding carboxylic acids is 3. The van der Waals surface area contributed by atoms with E-state index in [2.05, 4.69) is 27.1 Å². The summed E-state index contributed by atoms with van der Waals surface area (Å²) in [5.74, 6) is -0.269. The number of unbranched alkanes of at least 4 members (excludes halogenated alkanes) is 1. The van der Waals surface area contributed by atoms with Crippen LogP contribution < -0.4 is 15.5 Å². The molecule has 2 aliphatic rings. The number of carbonyl (C=O) groups is 3. The van der Waals surface area contributed by atoms with Crippen LogP contribution >= 0.6 is 21.3 Å². The van der Waals surface area contributed by atoms with E-state index in [4.69, 9.17) is 0 Å². The van der Waals surface area contributed by atoms with Gasteiger partial charge in [-0.05, 0) is 43.5 Å². The van der Waals surface area contributed by atoms with Gasteiger partial charge in [-0.1, -0.05) is 0 Å². The maximum Gasteiger partial charge on any atom is 0.249 e. The molecule has 10 nitrogen and oxygen atoms in total. The molecule has 3 rings (SSSR count). The lowest BCUT2D eigenvalue weighted by Gasteiger charge is -2.36. The Kier molecular flexibility index (Phi) is 9.50. The van der Waals surface area contributed by atoms with E-state index in [0.717, 1.165) is 56.9 Å². The molecule has 3 amide bonds. The van der Waals surface area contributed by atoms with Crippen molar-refractivity contribution in [3.8, 4) is 0 Å². The lowest BCUT2D eigenvalue weighted by atomic mass is 10.1. The third-order valence-corrected chi connectivity index (χ3v) is 6.90. The molecule has 0 bridgehead atoms. The van der Waals surface area contributed by atoms with E-state index in [1.54, 1.807) is 7.05 Å². The van der Waals surface area contributed by atoms with Crippen LogP contribution in [0.3, 0.4) is 0 Å². The van der Waals surface area contributed by atoms with Crippen LogP contribution in [0.2, 0.25) is 0 Å². The summed E-state index contributed by atoms with van der Waals surface area (Å²) in [6.45, 7) is 3.81. The number of piperazine rings is 1. The van der Waals surface area contributed by atoms with Gasteiger partial charge in [0, 0.05) is 64.0 Å². The zero-order valence-electron chi connectivity index (χ0n) is 18.3. The third kappa shape index (κ3) is 7.31. The molecular formula is C21H30IN7O3. The summed E-state index contributed by atoms with van der Waals surface area (Å²) in [7, 11) is 1.66. The summed E-state index contributed by atoms with van der Waals surface area (Å²) >= 11 is -0.512. The van der Waals surface area contributed by atoms with Gasteiger partial charge in [-0.2, -0.15) is 5.11 Å². The summed E-state index contributed by atoms with van der Waals surface area (Å²) in [4.78, 5) is 39.8. The second kappa shape index (κ2) is 12.6. The lowest BCUT2D eigenvalue weighted by molar-refractivity contribution is -0.134. The second-order valence-corrected chi connectivity index (χ2v) is 9.26. The fourth-order valence-electron chi connectivity index (χ4n) is 3.72. The molecule has 0 saturated carbocycles. The highest BCUT2D eigenvalue weighted by Gasteiger charge is 2.26. The van der Waals surface area contributed by atoms with Gasteiger partial charge in [0.05, 0.1) is 0 Å². The van der Waals surface area contributed by atoms with Gasteiger partial charge in [-0.3, -0.25) is 19.7 Å². The molecule has 174 valence electrons. The third-order valence-electron chi connectivity index (χ3n) is 5.49. The molecule has 1 aromatic rings. The van der Waals surface area contributed by atoms with Gasteiger partial charge in [-0.25, -0.2) is 3.15 Å². The van der Waals surface area contributed by atoms with Crippen molar-refractivity contribution in [1.29, 1.82) is 0 Å². The van der Waals surface area contributed by atoms with Gasteiger partial charge in [0.25, 0.3) is 0 Å². The maximum absolute atomic E-state index is 12.4. The van der Waals surface area contributed by atoms with Gasteiger partial charge in [0.15, 0.2) is 21.3 Å². The Bertz CT molecular complexity index is 851. The number of hydrogen-bond acceptors (Lipinski definition) is 7. The van der Waals surface area contributed by atoms with Crippen LogP contribution in [0.1, 0.15) is 32.1 Å². The molecule has 11 heteroatoms. The highest BCUT2D eigenvalue weighted by atomic mass is 127. The largest absolute Gasteiger partial charge is 0.374 e. The Balaban J connectivity index is 1.38. The average molecular weight is 555 g/mol. The van der Waals surface area contributed by atoms with E-state index >= 15 is 0 Å². The number of benzene rings is 1. The molecule has 2 saturated heterocycles. The minimum atomic E-state index is -0.512. The highest BCUT2D eigenvalue weighted by Crippen LogP contribution is 2.21. The topological polar surface area (TPSA) is 119 Å². The number of amides is 3. The minimum Gasteiger partial charge on any atom is -0.374 e. The van der Waals surface area contributed by atoms with E-state index in [-0.39, 0.29) is 23.8 Å². The first-order chi connectivity index (χ1) is 15.6. The van der Waals surface area contributed by atoms with Gasteiger partial charge >= 0.3 is 0 Å². The number of piperidine rings is 1. The maximum atomic E-state index is 12.4. The van der Waals surface area contributed by atoms with Crippen LogP contribution in [0, 0.1) is 0 Å². The standard InChI is InChI=1S/C21H30IN7O3/c1-23-27-22-24-11-3-2-4-20(31)29-14-12-28(13-15-29)17-7-5-16(6-8-17)25-18-9-10-19(30)26-21(18)32/h5-8,18,25H,2-4,9-15H2,1H3,(H,26,30,32). The number of halogens is 1. The molecular weight excluding hydrogens is 525 g/mol. The van der Waals surface area contributed by atoms with Crippen molar-refractivity contribution in [2.45, 2.75) is 38.1 Å². The van der Waals surface area contributed by atoms with Crippen molar-refractivity contribution in [3.05, 3.63) is 24.3 Å². The normalized spacial score (nSPS) is 19.8. The zero-order chi connectivity index (χ0) is 22.8. The van der Waals surface area contributed by atoms with Crippen molar-refractivity contribution in [2.24, 2.45) is 11.6 Å². The zero-order valence-corrected chi connectivity index (χ0v) is 20.5. The van der Waals surface area contributed by atoms with Crippen molar-refractivity contribution in [3.63, 3.8) is 0 Å². The molecule has 1 unspecified atom stereocenters. The fraction of sp³-hybridized carbons (Fsp3) is 0.571. The van der Waals surface area contributed by atoms with Crippen LogP contribution in [0.25, 0.3) is 0 Å². The van der Waals surface area contributed by atoms with Crippen LogP contribution in [0.4, 0.5) is 11.4 Å². The molecule has 0 radical (unpaired) electrons. The monoisotopic (exact) mass is 555 g/mol. The van der Waals surface area contributed by atoms with Crippen LogP contribution in [-0.4, -0.2) is 68.4 Å². The number of nitrogens with zero attached hydrogens (tertiary/aromatic N) is 5. The molecule has 2 heterocycles. The molecule has 0 spiro atoms. The highest BCUT2D eigenvalue weighted by molar-refractivity contribution is 14.1. The summed E-state index contributed by atoms with van der Waals surface area (Å²) in [5.41, 5.74) is 1.95. The Morgan fingerprint density at radius 2 is 1.91 bits per heavy atom. The molecule has 2 aliphatic heterocycles. The SMILES string of the molecule is CN=NI=NCCCCC(=O)N1CCN(c2ccc(NC3CCC(=O)NC3=O)cc2)CC1. The molecule has 0 aromatic heterocycles. The quantitative estimate of drug-likeness (QED) is 0.210. The molecule has 1 aromatic carbocycles. The first-order valence-electron chi connectivity index (χ1n) is 10.9. The first kappa shape index (κ1) is 24.2. The van der Waals surface area contributed by atoms with Crippen LogP contribution in [-0.2, 0) is 14.4 Å². The van der Waals surface area contributed by atoms with Crippen molar-refractivity contribution >= 4 is 50.4 Å². The Labute approximate surface area is 198 Å². The summed E-state index contributed by atoms with van der Waals surface area (Å²) in [6.07, 6.45) is 3.21. The number of hydrogen-bond donors (Lipinski definition) is 2. The average Bonchev–Trinajstić information content (AvgIpc) is 2.81. The summed E-state index contributed by atoms with van der Waals surface area (Å²) in [5, 5.41) is 9.24. The smallest absolute Gasteiger partial charge is 0.249 e. The van der Waals surface area contributed by atoms with Gasteiger partial charge in [-0.15, -0.1) is 3.33 Å². The molecule has 32 heavy (non-hydrogen) atoms. The number of nitrogens with one attached hydrogen (secondary N) is 2. The molecule has 2 N–H and O–H groups in total. The number of imide groups is 1. The number of anilines is 2. The van der Waals surface area contributed by atoms with Gasteiger partial charge in [0.2, 0.25) is 17.7 Å². The van der Waals surface area contributed by atoms with E-state index in [0.29, 0.717) is 19.3 Å². The fourth-order valence-corrected chi connectivity index (χ4v) is 4.60. The van der Waals surface area contributed by atoms with E-state index in [1.165, 1.54) is 0 Å². The molecule has 1 atom stereocenters. The lowest BCUT2D eigenvalue weighted by Crippen LogP contribution is -2.48. The number of rotatable bonds is 9. The Hall–Kier alpha value is -2.44. The minimum absolute atomic E-state index is 0.215. The molecule has 2 fully saturated rings. The first-order valence-corrected chi connectivity index (χ1v) is 12.8. The van der Waals surface area contributed by atoms with Gasteiger partial charge < -0.3 is 15.1 Å². The van der Waals surface area contributed by atoms with E-state index in [1.807, 2.05) is 29.2 Å². The van der Waals surface area contributed by atoms with Crippen LogP contribution in [0.5, 0.6) is 0 Å². The predicted octanol–water partition coefficient (Wildman–Crippen LogP) is 2.87. The van der Waals surface area contributed by atoms with E-state index in [9.17, 15) is 14.4 Å². The Morgan fingerprint density at radius 1 is 1.16 bits per heavy atom. The molecule has 0 aliphatic carbocycles. The van der Waals surface area contributed by atoms with E-state index < -0.39 is 21.3 Å². The van der Waals surface area contributed by atoms with Crippen molar-refractivity contribution in [1.82, 2.24) is 10.2 Å². The summed E-state index contributed by atoms with van der Waals surface area (Å²) < 4.78 is 8.24. The van der Waals surface area contributed by atoms with Gasteiger partial charge in [0.1, 0.15) is 6.04 Å². The second-order valence-electron chi connectivity index (χ2n) is 7.71. The van der Waals surface area contributed by atoms with Crippen molar-refractivity contribution < 1.29 is 14.4 Å². The Morgan fingerprint density at radius 3 is 2.59 bits per heavy atom. The predicted molar refractivity (Wildman–Crippen MR) is 131 cm³/mol. The van der Waals surface area contributed by atoms with Crippen molar-refractivity contribution in [2.75, 3.05) is 50.0 Å². The summed E-state index contributed by atoms with van der Waals surface area (Å²) in [6, 6.07) is 7.56.